The van der Waals surface area contributed by atoms with E-state index in [4.69, 9.17) is 0 Å². The standard InChI is InChI=1S/C20H16O5S/c1-25-17(21)12-16-18(14-8-10-15(11-9-14)26(2,23)24)19(20(16)22)13-6-4-3-5-7-13/h3-12H,1-2H3/b16-12-. The van der Waals surface area contributed by atoms with Gasteiger partial charge in [-0.1, -0.05) is 42.5 Å². The lowest BCUT2D eigenvalue weighted by Crippen LogP contribution is -2.21. The zero-order valence-corrected chi connectivity index (χ0v) is 15.0. The average Bonchev–Trinajstić information content (AvgIpc) is 2.63. The first-order valence-electron chi connectivity index (χ1n) is 7.78. The summed E-state index contributed by atoms with van der Waals surface area (Å²) in [5.74, 6) is -0.866. The van der Waals surface area contributed by atoms with Crippen LogP contribution in [0.15, 0.2) is 71.1 Å². The number of carbonyl (C=O) groups excluding carboxylic acids is 2. The van der Waals surface area contributed by atoms with Crippen molar-refractivity contribution in [3.05, 3.63) is 77.4 Å². The molecule has 0 radical (unpaired) electrons. The molecule has 6 heteroatoms. The Hall–Kier alpha value is -2.99. The van der Waals surface area contributed by atoms with Gasteiger partial charge in [0.2, 0.25) is 0 Å². The molecule has 132 valence electrons. The number of Topliss-reactive ketones (excluding diaryl/α,β-unsaturated/α-hetero) is 1. The third kappa shape index (κ3) is 3.23. The highest BCUT2D eigenvalue weighted by molar-refractivity contribution is 7.90. The van der Waals surface area contributed by atoms with E-state index in [2.05, 4.69) is 4.74 Å². The molecule has 0 fully saturated rings. The summed E-state index contributed by atoms with van der Waals surface area (Å²) < 4.78 is 27.9. The van der Waals surface area contributed by atoms with Crippen molar-refractivity contribution >= 4 is 32.7 Å². The Balaban J connectivity index is 2.17. The number of hydrogen-bond donors (Lipinski definition) is 0. The van der Waals surface area contributed by atoms with E-state index in [1.165, 1.54) is 19.2 Å². The summed E-state index contributed by atoms with van der Waals surface area (Å²) in [5, 5.41) is 0. The first-order valence-corrected chi connectivity index (χ1v) is 9.67. The maximum absolute atomic E-state index is 12.6. The predicted molar refractivity (Wildman–Crippen MR) is 97.9 cm³/mol. The molecule has 5 nitrogen and oxygen atoms in total. The molecule has 26 heavy (non-hydrogen) atoms. The second kappa shape index (κ2) is 6.72. The van der Waals surface area contributed by atoms with Crippen molar-refractivity contribution in [1.29, 1.82) is 0 Å². The second-order valence-electron chi connectivity index (χ2n) is 5.82. The lowest BCUT2D eigenvalue weighted by molar-refractivity contribution is -0.135. The predicted octanol–water partition coefficient (Wildman–Crippen LogP) is 2.68. The molecule has 0 bridgehead atoms. The van der Waals surface area contributed by atoms with Gasteiger partial charge in [-0.2, -0.15) is 0 Å². The van der Waals surface area contributed by atoms with Gasteiger partial charge in [-0.25, -0.2) is 13.2 Å². The number of benzene rings is 2. The third-order valence-electron chi connectivity index (χ3n) is 4.09. The summed E-state index contributed by atoms with van der Waals surface area (Å²) in [7, 11) is -2.08. The lowest BCUT2D eigenvalue weighted by atomic mass is 9.74. The number of allylic oxidation sites excluding steroid dienone is 3. The van der Waals surface area contributed by atoms with Crippen LogP contribution in [-0.2, 0) is 24.2 Å². The van der Waals surface area contributed by atoms with Gasteiger partial charge in [0.25, 0.3) is 0 Å². The first-order chi connectivity index (χ1) is 12.3. The molecule has 2 aromatic carbocycles. The van der Waals surface area contributed by atoms with Gasteiger partial charge in [-0.15, -0.1) is 0 Å². The number of ether oxygens (including phenoxy) is 1. The van der Waals surface area contributed by atoms with E-state index in [1.807, 2.05) is 30.3 Å². The van der Waals surface area contributed by atoms with Crippen LogP contribution in [0.1, 0.15) is 11.1 Å². The van der Waals surface area contributed by atoms with E-state index in [-0.39, 0.29) is 16.3 Å². The molecule has 0 aliphatic heterocycles. The molecule has 0 saturated heterocycles. The summed E-state index contributed by atoms with van der Waals surface area (Å²) in [5.41, 5.74) is 2.75. The number of rotatable bonds is 4. The number of ketones is 1. The molecule has 1 aliphatic carbocycles. The fourth-order valence-electron chi connectivity index (χ4n) is 2.80. The fourth-order valence-corrected chi connectivity index (χ4v) is 3.43. The largest absolute Gasteiger partial charge is 0.466 e. The Morgan fingerprint density at radius 3 is 2.04 bits per heavy atom. The lowest BCUT2D eigenvalue weighted by Gasteiger charge is -2.26. The van der Waals surface area contributed by atoms with Crippen molar-refractivity contribution in [3.8, 4) is 0 Å². The van der Waals surface area contributed by atoms with Gasteiger partial charge in [0.1, 0.15) is 0 Å². The van der Waals surface area contributed by atoms with Crippen LogP contribution in [-0.4, -0.2) is 33.5 Å². The summed E-state index contributed by atoms with van der Waals surface area (Å²) in [6, 6.07) is 15.3. The number of sulfone groups is 1. The maximum atomic E-state index is 12.6. The van der Waals surface area contributed by atoms with Crippen LogP contribution in [0.3, 0.4) is 0 Å². The molecule has 0 N–H and O–H groups in total. The molecular formula is C20H16O5S. The van der Waals surface area contributed by atoms with Crippen molar-refractivity contribution in [2.75, 3.05) is 13.4 Å². The van der Waals surface area contributed by atoms with Crippen molar-refractivity contribution in [2.45, 2.75) is 4.90 Å². The van der Waals surface area contributed by atoms with Crippen LogP contribution in [0.5, 0.6) is 0 Å². The molecule has 0 saturated carbocycles. The zero-order valence-electron chi connectivity index (χ0n) is 14.2. The van der Waals surface area contributed by atoms with Crippen LogP contribution < -0.4 is 0 Å². The third-order valence-corrected chi connectivity index (χ3v) is 5.22. The van der Waals surface area contributed by atoms with Crippen LogP contribution in [0.4, 0.5) is 0 Å². The van der Waals surface area contributed by atoms with Crippen LogP contribution in [0.25, 0.3) is 11.1 Å². The van der Waals surface area contributed by atoms with Gasteiger partial charge in [-0.05, 0) is 23.3 Å². The molecule has 0 atom stereocenters. The topological polar surface area (TPSA) is 77.5 Å². The molecule has 0 amide bonds. The Labute approximate surface area is 151 Å². The van der Waals surface area contributed by atoms with Gasteiger partial charge in [0.05, 0.1) is 12.0 Å². The highest BCUT2D eigenvalue weighted by atomic mass is 32.2. The molecular weight excluding hydrogens is 352 g/mol. The summed E-state index contributed by atoms with van der Waals surface area (Å²) in [6.07, 6.45) is 2.29. The van der Waals surface area contributed by atoms with Gasteiger partial charge in [-0.3, -0.25) is 4.79 Å². The fraction of sp³-hybridized carbons (Fsp3) is 0.100. The molecule has 0 spiro atoms. The minimum absolute atomic E-state index is 0.187. The van der Waals surface area contributed by atoms with Crippen molar-refractivity contribution < 1.29 is 22.7 Å². The molecule has 2 aromatic rings. The number of esters is 1. The Kier molecular flexibility index (Phi) is 4.61. The number of methoxy groups -OCH3 is 1. The highest BCUT2D eigenvalue weighted by Gasteiger charge is 2.35. The molecule has 0 heterocycles. The van der Waals surface area contributed by atoms with Gasteiger partial charge < -0.3 is 4.74 Å². The minimum Gasteiger partial charge on any atom is -0.466 e. The van der Waals surface area contributed by atoms with E-state index < -0.39 is 15.8 Å². The normalized spacial score (nSPS) is 15.8. The van der Waals surface area contributed by atoms with Crippen molar-refractivity contribution in [3.63, 3.8) is 0 Å². The second-order valence-corrected chi connectivity index (χ2v) is 7.84. The maximum Gasteiger partial charge on any atom is 0.331 e. The minimum atomic E-state index is -3.32. The number of hydrogen-bond acceptors (Lipinski definition) is 5. The number of carbonyl (C=O) groups is 2. The van der Waals surface area contributed by atoms with E-state index in [0.717, 1.165) is 17.9 Å². The van der Waals surface area contributed by atoms with Crippen LogP contribution >= 0.6 is 0 Å². The molecule has 0 aromatic heterocycles. The monoisotopic (exact) mass is 368 g/mol. The summed E-state index contributed by atoms with van der Waals surface area (Å²) in [6.45, 7) is 0. The Bertz CT molecular complexity index is 1040. The van der Waals surface area contributed by atoms with E-state index in [1.54, 1.807) is 12.1 Å². The van der Waals surface area contributed by atoms with Gasteiger partial charge in [0.15, 0.2) is 15.6 Å². The summed E-state index contributed by atoms with van der Waals surface area (Å²) >= 11 is 0. The summed E-state index contributed by atoms with van der Waals surface area (Å²) in [4.78, 5) is 24.4. The van der Waals surface area contributed by atoms with Gasteiger partial charge in [0, 0.05) is 29.1 Å². The van der Waals surface area contributed by atoms with E-state index in [9.17, 15) is 18.0 Å². The molecule has 1 aliphatic rings. The van der Waals surface area contributed by atoms with E-state index >= 15 is 0 Å². The highest BCUT2D eigenvalue weighted by Crippen LogP contribution is 2.44. The van der Waals surface area contributed by atoms with Crippen molar-refractivity contribution in [2.24, 2.45) is 0 Å². The molecule has 3 rings (SSSR count). The quantitative estimate of drug-likeness (QED) is 0.612. The smallest absolute Gasteiger partial charge is 0.331 e. The zero-order chi connectivity index (χ0) is 18.9. The average molecular weight is 368 g/mol. The Morgan fingerprint density at radius 2 is 1.50 bits per heavy atom. The van der Waals surface area contributed by atoms with Crippen molar-refractivity contribution in [1.82, 2.24) is 0 Å². The Morgan fingerprint density at radius 1 is 0.923 bits per heavy atom. The van der Waals surface area contributed by atoms with Gasteiger partial charge >= 0.3 is 5.97 Å². The SMILES string of the molecule is COC(=O)/C=C1\C(=O)C(c2ccccc2)=C1c1ccc(S(C)(=O)=O)cc1. The van der Waals surface area contributed by atoms with Crippen LogP contribution in [0, 0.1) is 0 Å². The molecule has 0 unspecified atom stereocenters. The van der Waals surface area contributed by atoms with Crippen LogP contribution in [0.2, 0.25) is 0 Å². The van der Waals surface area contributed by atoms with E-state index in [0.29, 0.717) is 16.7 Å². The first kappa shape index (κ1) is 17.8.